The first kappa shape index (κ1) is 21.4. The molecule has 0 saturated carbocycles. The molecule has 0 aliphatic rings. The number of alkyl halides is 3. The molecular weight excluding hydrogens is 421 g/mol. The summed E-state index contributed by atoms with van der Waals surface area (Å²) < 4.78 is 38.7. The molecule has 7 nitrogen and oxygen atoms in total. The molecule has 0 aliphatic carbocycles. The molecular formula is C22H19F3N6O. The van der Waals surface area contributed by atoms with Gasteiger partial charge in [0.05, 0.1) is 5.52 Å². The number of halogens is 3. The highest BCUT2D eigenvalue weighted by Crippen LogP contribution is 2.29. The highest BCUT2D eigenvalue weighted by atomic mass is 19.4. The van der Waals surface area contributed by atoms with Gasteiger partial charge in [-0.15, -0.1) is 0 Å². The van der Waals surface area contributed by atoms with Crippen molar-refractivity contribution in [3.8, 4) is 11.1 Å². The fourth-order valence-electron chi connectivity index (χ4n) is 3.30. The number of H-pyrrole nitrogens is 1. The Bertz CT molecular complexity index is 1280. The number of hydrogen-bond donors (Lipinski definition) is 2. The van der Waals surface area contributed by atoms with Crippen LogP contribution in [0.5, 0.6) is 0 Å². The van der Waals surface area contributed by atoms with Gasteiger partial charge in [0, 0.05) is 29.9 Å². The number of anilines is 1. The van der Waals surface area contributed by atoms with Crippen LogP contribution in [0.3, 0.4) is 0 Å². The van der Waals surface area contributed by atoms with Gasteiger partial charge in [-0.3, -0.25) is 14.9 Å². The largest absolute Gasteiger partial charge is 0.433 e. The Morgan fingerprint density at radius 2 is 1.91 bits per heavy atom. The van der Waals surface area contributed by atoms with Gasteiger partial charge in [-0.05, 0) is 55.6 Å². The molecule has 0 unspecified atom stereocenters. The van der Waals surface area contributed by atoms with Crippen LogP contribution in [0.2, 0.25) is 0 Å². The van der Waals surface area contributed by atoms with E-state index in [0.717, 1.165) is 29.3 Å². The van der Waals surface area contributed by atoms with Crippen LogP contribution in [0.15, 0.2) is 54.9 Å². The van der Waals surface area contributed by atoms with E-state index in [2.05, 4.69) is 25.5 Å². The predicted molar refractivity (Wildman–Crippen MR) is 114 cm³/mol. The molecule has 4 aromatic rings. The van der Waals surface area contributed by atoms with E-state index >= 15 is 0 Å². The zero-order chi connectivity index (χ0) is 22.9. The van der Waals surface area contributed by atoms with Crippen molar-refractivity contribution in [3.05, 3.63) is 71.8 Å². The second-order valence-corrected chi connectivity index (χ2v) is 7.51. The number of carbonyl (C=O) groups is 1. The Kier molecular flexibility index (Phi) is 5.62. The lowest BCUT2D eigenvalue weighted by Gasteiger charge is -2.10. The first-order valence-corrected chi connectivity index (χ1v) is 9.63. The molecule has 164 valence electrons. The summed E-state index contributed by atoms with van der Waals surface area (Å²) in [6, 6.07) is 10.8. The van der Waals surface area contributed by atoms with Crippen molar-refractivity contribution in [3.63, 3.8) is 0 Å². The van der Waals surface area contributed by atoms with Crippen LogP contribution >= 0.6 is 0 Å². The number of rotatable bonds is 5. The Balaban J connectivity index is 1.64. The Hall–Kier alpha value is -3.79. The maximum atomic E-state index is 12.9. The van der Waals surface area contributed by atoms with Gasteiger partial charge in [0.1, 0.15) is 11.5 Å². The number of aromatic amines is 1. The Morgan fingerprint density at radius 3 is 2.66 bits per heavy atom. The first-order chi connectivity index (χ1) is 15.2. The number of amides is 1. The predicted octanol–water partition coefficient (Wildman–Crippen LogP) is 4.35. The number of hydrogen-bond acceptors (Lipinski definition) is 5. The molecule has 10 heteroatoms. The molecule has 0 aliphatic heterocycles. The minimum atomic E-state index is -4.61. The molecule has 2 N–H and O–H groups in total. The van der Waals surface area contributed by atoms with Crippen molar-refractivity contribution in [2.75, 3.05) is 19.4 Å². The summed E-state index contributed by atoms with van der Waals surface area (Å²) in [6.07, 6.45) is -1.09. The van der Waals surface area contributed by atoms with Crippen LogP contribution in [0.1, 0.15) is 21.7 Å². The highest BCUT2D eigenvalue weighted by Gasteiger charge is 2.32. The second kappa shape index (κ2) is 8.39. The summed E-state index contributed by atoms with van der Waals surface area (Å²) in [5.41, 5.74) is 2.33. The van der Waals surface area contributed by atoms with E-state index < -0.39 is 17.8 Å². The van der Waals surface area contributed by atoms with Crippen LogP contribution in [-0.4, -0.2) is 45.1 Å². The third kappa shape index (κ3) is 4.59. The normalized spacial score (nSPS) is 11.8. The smallest absolute Gasteiger partial charge is 0.305 e. The van der Waals surface area contributed by atoms with Gasteiger partial charge < -0.3 is 10.2 Å². The minimum absolute atomic E-state index is 0.0541. The zero-order valence-electron chi connectivity index (χ0n) is 17.2. The summed E-state index contributed by atoms with van der Waals surface area (Å²) in [5, 5.41) is 9.74. The number of carbonyl (C=O) groups excluding carboxylic acids is 1. The van der Waals surface area contributed by atoms with Crippen LogP contribution < -0.4 is 5.32 Å². The van der Waals surface area contributed by atoms with Crippen molar-refractivity contribution in [2.24, 2.45) is 0 Å². The van der Waals surface area contributed by atoms with E-state index in [-0.39, 0.29) is 11.5 Å². The van der Waals surface area contributed by atoms with Gasteiger partial charge in [-0.2, -0.15) is 18.3 Å². The molecule has 4 rings (SSSR count). The molecule has 3 aromatic heterocycles. The molecule has 0 saturated heterocycles. The van der Waals surface area contributed by atoms with Crippen molar-refractivity contribution in [1.82, 2.24) is 25.1 Å². The number of nitrogens with zero attached hydrogens (tertiary/aromatic N) is 4. The SMILES string of the molecule is CN(C)Cc1cncc(-c2ccc3[nH]nc(C(=O)Nc4cccc(C(F)(F)F)n4)c3c2)c1. The van der Waals surface area contributed by atoms with Crippen molar-refractivity contribution >= 4 is 22.6 Å². The number of nitrogens with one attached hydrogen (secondary N) is 2. The maximum Gasteiger partial charge on any atom is 0.433 e. The Morgan fingerprint density at radius 1 is 1.09 bits per heavy atom. The number of benzene rings is 1. The maximum absolute atomic E-state index is 12.9. The molecule has 0 radical (unpaired) electrons. The van der Waals surface area contributed by atoms with E-state index in [9.17, 15) is 18.0 Å². The van der Waals surface area contributed by atoms with E-state index in [1.165, 1.54) is 12.1 Å². The molecule has 1 aromatic carbocycles. The summed E-state index contributed by atoms with van der Waals surface area (Å²) in [4.78, 5) is 22.5. The lowest BCUT2D eigenvalue weighted by Crippen LogP contribution is -2.16. The van der Waals surface area contributed by atoms with Gasteiger partial charge in [0.25, 0.3) is 5.91 Å². The fourth-order valence-corrected chi connectivity index (χ4v) is 3.30. The van der Waals surface area contributed by atoms with Gasteiger partial charge >= 0.3 is 6.18 Å². The van der Waals surface area contributed by atoms with E-state index in [1.807, 2.05) is 31.1 Å². The third-order valence-corrected chi connectivity index (χ3v) is 4.69. The van der Waals surface area contributed by atoms with E-state index in [1.54, 1.807) is 24.5 Å². The summed E-state index contributed by atoms with van der Waals surface area (Å²) in [7, 11) is 3.93. The fraction of sp³-hybridized carbons (Fsp3) is 0.182. The molecule has 1 amide bonds. The van der Waals surface area contributed by atoms with Crippen molar-refractivity contribution in [1.29, 1.82) is 0 Å². The zero-order valence-corrected chi connectivity index (χ0v) is 17.2. The topological polar surface area (TPSA) is 86.8 Å². The van der Waals surface area contributed by atoms with Crippen molar-refractivity contribution in [2.45, 2.75) is 12.7 Å². The number of fused-ring (bicyclic) bond motifs is 1. The van der Waals surface area contributed by atoms with Gasteiger partial charge in [-0.1, -0.05) is 12.1 Å². The molecule has 32 heavy (non-hydrogen) atoms. The summed E-state index contributed by atoms with van der Waals surface area (Å²) in [6.45, 7) is 0.729. The van der Waals surface area contributed by atoms with Crippen LogP contribution in [-0.2, 0) is 12.7 Å². The minimum Gasteiger partial charge on any atom is -0.305 e. The third-order valence-electron chi connectivity index (χ3n) is 4.69. The summed E-state index contributed by atoms with van der Waals surface area (Å²) in [5.74, 6) is -0.877. The second-order valence-electron chi connectivity index (χ2n) is 7.51. The molecule has 0 atom stereocenters. The number of pyridine rings is 2. The van der Waals surface area contributed by atoms with E-state index in [0.29, 0.717) is 10.9 Å². The standard InChI is InChI=1S/C22H19F3N6O/c1-31(2)12-13-8-15(11-26-10-13)14-6-7-17-16(9-14)20(30-29-17)21(32)28-19-5-3-4-18(27-19)22(23,24)25/h3-11H,12H2,1-2H3,(H,29,30)(H,27,28,32). The molecule has 0 spiro atoms. The van der Waals surface area contributed by atoms with Crippen LogP contribution in [0, 0.1) is 0 Å². The molecule has 0 bridgehead atoms. The van der Waals surface area contributed by atoms with E-state index in [4.69, 9.17) is 0 Å². The average molecular weight is 440 g/mol. The van der Waals surface area contributed by atoms with Crippen LogP contribution in [0.25, 0.3) is 22.0 Å². The quantitative estimate of drug-likeness (QED) is 0.482. The molecule has 0 fully saturated rings. The summed E-state index contributed by atoms with van der Waals surface area (Å²) >= 11 is 0. The van der Waals surface area contributed by atoms with Gasteiger partial charge in [0.15, 0.2) is 5.69 Å². The van der Waals surface area contributed by atoms with Gasteiger partial charge in [-0.25, -0.2) is 4.98 Å². The first-order valence-electron chi connectivity index (χ1n) is 9.63. The molecule has 3 heterocycles. The monoisotopic (exact) mass is 440 g/mol. The van der Waals surface area contributed by atoms with Crippen molar-refractivity contribution < 1.29 is 18.0 Å². The number of aromatic nitrogens is 4. The lowest BCUT2D eigenvalue weighted by molar-refractivity contribution is -0.141. The highest BCUT2D eigenvalue weighted by molar-refractivity contribution is 6.11. The van der Waals surface area contributed by atoms with Gasteiger partial charge in [0.2, 0.25) is 0 Å². The van der Waals surface area contributed by atoms with Crippen LogP contribution in [0.4, 0.5) is 19.0 Å². The lowest BCUT2D eigenvalue weighted by atomic mass is 10.0. The Labute approximate surface area is 181 Å². The average Bonchev–Trinajstić information content (AvgIpc) is 3.16.